The van der Waals surface area contributed by atoms with Gasteiger partial charge in [-0.15, -0.1) is 0 Å². The minimum absolute atomic E-state index is 0.117. The summed E-state index contributed by atoms with van der Waals surface area (Å²) in [5.41, 5.74) is 6.37. The molecule has 0 spiro atoms. The zero-order valence-electron chi connectivity index (χ0n) is 21.8. The van der Waals surface area contributed by atoms with E-state index >= 15 is 0 Å². The zero-order valence-corrected chi connectivity index (χ0v) is 23.4. The van der Waals surface area contributed by atoms with Crippen molar-refractivity contribution in [1.82, 2.24) is 19.9 Å². The molecule has 0 aliphatic rings. The highest BCUT2D eigenvalue weighted by Crippen LogP contribution is 2.31. The number of unbranched alkanes of at least 4 members (excludes halogenated alkanes) is 1. The number of aromatic nitrogens is 3. The Kier molecular flexibility index (Phi) is 11.3. The number of aryl methyl sites for hydroxylation is 1. The van der Waals surface area contributed by atoms with E-state index in [1.165, 1.54) is 11.8 Å². The predicted molar refractivity (Wildman–Crippen MR) is 143 cm³/mol. The molecule has 0 saturated carbocycles. The zero-order chi connectivity index (χ0) is 26.2. The Morgan fingerprint density at radius 3 is 2.51 bits per heavy atom. The molecule has 2 aromatic heterocycles. The van der Waals surface area contributed by atoms with Gasteiger partial charge < -0.3 is 15.4 Å². The van der Waals surface area contributed by atoms with Crippen molar-refractivity contribution < 1.29 is 13.9 Å². The highest BCUT2D eigenvalue weighted by atomic mass is 35.5. The van der Waals surface area contributed by atoms with Crippen LogP contribution >= 0.6 is 23.4 Å². The molecule has 7 nitrogen and oxygen atoms in total. The Bertz CT molecular complexity index is 1000. The number of rotatable bonds is 12. The van der Waals surface area contributed by atoms with E-state index in [1.54, 1.807) is 0 Å². The molecule has 35 heavy (non-hydrogen) atoms. The largest absolute Gasteiger partial charge is 0.444 e. The predicted octanol–water partition coefficient (Wildman–Crippen LogP) is 6.90. The monoisotopic (exact) mass is 527 g/mol. The number of amides is 1. The molecule has 1 amide bonds. The van der Waals surface area contributed by atoms with Crippen molar-refractivity contribution in [2.75, 3.05) is 24.6 Å². The van der Waals surface area contributed by atoms with Crippen LogP contribution < -0.4 is 5.73 Å². The van der Waals surface area contributed by atoms with Gasteiger partial charge in [-0.1, -0.05) is 57.0 Å². The third kappa shape index (κ3) is 8.63. The molecule has 0 aliphatic carbocycles. The summed E-state index contributed by atoms with van der Waals surface area (Å²) in [6.07, 6.45) is 4.79. The standard InChI is InChI=1S/C25H39ClFN5O2S/c1-7-10-14-32(24(33)34-25(4,5)6)15-16(8-2)12-11-13-17-18-20(19(27)21(26)29-17)30-23(35-9-3)31-22(18)28/h16H,7-15H2,1-6H3,(H2,28,30,31). The lowest BCUT2D eigenvalue weighted by molar-refractivity contribution is 0.0213. The lowest BCUT2D eigenvalue weighted by Crippen LogP contribution is -2.40. The molecular weight excluding hydrogens is 489 g/mol. The lowest BCUT2D eigenvalue weighted by atomic mass is 9.97. The van der Waals surface area contributed by atoms with Crippen molar-refractivity contribution in [1.29, 1.82) is 0 Å². The van der Waals surface area contributed by atoms with E-state index in [9.17, 15) is 9.18 Å². The summed E-state index contributed by atoms with van der Waals surface area (Å²) in [7, 11) is 0. The van der Waals surface area contributed by atoms with E-state index in [1.807, 2.05) is 32.6 Å². The van der Waals surface area contributed by atoms with Crippen LogP contribution in [0.4, 0.5) is 15.0 Å². The van der Waals surface area contributed by atoms with Gasteiger partial charge in [0.2, 0.25) is 0 Å². The second kappa shape index (κ2) is 13.4. The van der Waals surface area contributed by atoms with Gasteiger partial charge in [0, 0.05) is 13.1 Å². The number of fused-ring (bicyclic) bond motifs is 1. The molecular formula is C25H39ClFN5O2S. The van der Waals surface area contributed by atoms with Crippen LogP contribution in [0.5, 0.6) is 0 Å². The quantitative estimate of drug-likeness (QED) is 0.182. The van der Waals surface area contributed by atoms with Gasteiger partial charge in [0.25, 0.3) is 0 Å². The van der Waals surface area contributed by atoms with Crippen LogP contribution in [0.1, 0.15) is 79.3 Å². The molecule has 2 heterocycles. The van der Waals surface area contributed by atoms with Gasteiger partial charge in [0.05, 0.1) is 11.1 Å². The van der Waals surface area contributed by atoms with Crippen molar-refractivity contribution in [3.63, 3.8) is 0 Å². The van der Waals surface area contributed by atoms with Gasteiger partial charge in [-0.3, -0.25) is 0 Å². The number of hydrogen-bond acceptors (Lipinski definition) is 7. The van der Waals surface area contributed by atoms with E-state index in [-0.39, 0.29) is 22.6 Å². The average Bonchev–Trinajstić information content (AvgIpc) is 2.77. The fourth-order valence-electron chi connectivity index (χ4n) is 3.82. The summed E-state index contributed by atoms with van der Waals surface area (Å²) >= 11 is 7.49. The third-order valence-corrected chi connectivity index (χ3v) is 6.60. The Balaban J connectivity index is 2.15. The van der Waals surface area contributed by atoms with Crippen molar-refractivity contribution in [3.05, 3.63) is 16.7 Å². The molecule has 0 saturated heterocycles. The smallest absolute Gasteiger partial charge is 0.410 e. The molecule has 196 valence electrons. The molecule has 2 aromatic rings. The third-order valence-electron chi connectivity index (χ3n) is 5.62. The van der Waals surface area contributed by atoms with E-state index in [0.29, 0.717) is 41.7 Å². The second-order valence-electron chi connectivity index (χ2n) is 9.66. The van der Waals surface area contributed by atoms with Crippen LogP contribution in [0.15, 0.2) is 5.16 Å². The number of nitrogens with two attached hydrogens (primary N) is 1. The van der Waals surface area contributed by atoms with Crippen LogP contribution in [0.3, 0.4) is 0 Å². The molecule has 2 N–H and O–H groups in total. The summed E-state index contributed by atoms with van der Waals surface area (Å²) in [5.74, 6) is 0.581. The molecule has 0 bridgehead atoms. The Hall–Kier alpha value is -1.87. The molecule has 0 radical (unpaired) electrons. The second-order valence-corrected chi connectivity index (χ2v) is 11.2. The van der Waals surface area contributed by atoms with Crippen molar-refractivity contribution in [3.8, 4) is 0 Å². The van der Waals surface area contributed by atoms with Crippen molar-refractivity contribution in [2.24, 2.45) is 5.92 Å². The van der Waals surface area contributed by atoms with Gasteiger partial charge in [0.15, 0.2) is 16.1 Å². The molecule has 10 heteroatoms. The summed E-state index contributed by atoms with van der Waals surface area (Å²) in [4.78, 5) is 27.5. The first-order chi connectivity index (χ1) is 16.5. The van der Waals surface area contributed by atoms with Gasteiger partial charge in [-0.2, -0.15) is 0 Å². The first kappa shape index (κ1) is 29.4. The first-order valence-corrected chi connectivity index (χ1v) is 13.8. The SMILES string of the molecule is CCCCN(CC(CC)CCCc1nc(Cl)c(F)c2nc(SCC)nc(N)c12)C(=O)OC(C)(C)C. The highest BCUT2D eigenvalue weighted by molar-refractivity contribution is 7.99. The maximum atomic E-state index is 14.7. The van der Waals surface area contributed by atoms with E-state index in [0.717, 1.165) is 37.9 Å². The molecule has 1 unspecified atom stereocenters. The van der Waals surface area contributed by atoms with E-state index in [4.69, 9.17) is 22.1 Å². The molecule has 2 rings (SSSR count). The van der Waals surface area contributed by atoms with Crippen molar-refractivity contribution >= 4 is 46.2 Å². The minimum Gasteiger partial charge on any atom is -0.444 e. The number of halogens is 2. The number of nitrogen functional groups attached to an aromatic ring is 1. The summed E-state index contributed by atoms with van der Waals surface area (Å²) in [6.45, 7) is 13.1. The van der Waals surface area contributed by atoms with E-state index in [2.05, 4.69) is 28.8 Å². The Labute approximate surface area is 217 Å². The van der Waals surface area contributed by atoms with Crippen LogP contribution in [0.2, 0.25) is 5.15 Å². The van der Waals surface area contributed by atoms with Gasteiger partial charge in [0.1, 0.15) is 16.9 Å². The fraction of sp³-hybridized carbons (Fsp3) is 0.680. The average molecular weight is 528 g/mol. The first-order valence-electron chi connectivity index (χ1n) is 12.4. The van der Waals surface area contributed by atoms with Crippen molar-refractivity contribution in [2.45, 2.75) is 90.8 Å². The van der Waals surface area contributed by atoms with Crippen LogP contribution in [0.25, 0.3) is 10.9 Å². The molecule has 1 atom stereocenters. The van der Waals surface area contributed by atoms with Gasteiger partial charge in [-0.25, -0.2) is 24.1 Å². The molecule has 0 aliphatic heterocycles. The number of ether oxygens (including phenoxy) is 1. The van der Waals surface area contributed by atoms with Crippen LogP contribution in [-0.4, -0.2) is 50.4 Å². The van der Waals surface area contributed by atoms with Gasteiger partial charge in [-0.05, 0) is 58.1 Å². The summed E-state index contributed by atoms with van der Waals surface area (Å²) in [6, 6.07) is 0. The fourth-order valence-corrected chi connectivity index (χ4v) is 4.59. The van der Waals surface area contributed by atoms with Gasteiger partial charge >= 0.3 is 6.09 Å². The maximum Gasteiger partial charge on any atom is 0.410 e. The minimum atomic E-state index is -0.673. The Morgan fingerprint density at radius 1 is 1.20 bits per heavy atom. The lowest BCUT2D eigenvalue weighted by Gasteiger charge is -2.30. The highest BCUT2D eigenvalue weighted by Gasteiger charge is 2.24. The maximum absolute atomic E-state index is 14.7. The number of pyridine rings is 1. The summed E-state index contributed by atoms with van der Waals surface area (Å²) in [5, 5.41) is 0.643. The molecule has 0 aromatic carbocycles. The number of hydrogen-bond donors (Lipinski definition) is 1. The Morgan fingerprint density at radius 2 is 1.91 bits per heavy atom. The number of thioether (sulfide) groups is 1. The van der Waals surface area contributed by atoms with Crippen LogP contribution in [0, 0.1) is 11.7 Å². The topological polar surface area (TPSA) is 94.2 Å². The van der Waals surface area contributed by atoms with E-state index < -0.39 is 11.4 Å². The number of carbonyl (C=O) groups is 1. The normalized spacial score (nSPS) is 12.7. The number of carbonyl (C=O) groups excluding carboxylic acids is 1. The number of nitrogens with zero attached hydrogens (tertiary/aromatic N) is 4. The molecule has 0 fully saturated rings. The number of anilines is 1. The summed E-state index contributed by atoms with van der Waals surface area (Å²) < 4.78 is 20.3. The van der Waals surface area contributed by atoms with Crippen LogP contribution in [-0.2, 0) is 11.2 Å².